The average molecular weight is 317 g/mol. The van der Waals surface area contributed by atoms with Gasteiger partial charge in [0.2, 0.25) is 17.8 Å². The summed E-state index contributed by atoms with van der Waals surface area (Å²) in [6.07, 6.45) is 0. The molecule has 0 saturated heterocycles. The van der Waals surface area contributed by atoms with E-state index in [0.717, 1.165) is 10.9 Å². The fourth-order valence-electron chi connectivity index (χ4n) is 2.31. The van der Waals surface area contributed by atoms with Gasteiger partial charge in [-0.25, -0.2) is 0 Å². The molecule has 4 heteroatoms. The maximum Gasteiger partial charge on any atom is 0.277 e. The van der Waals surface area contributed by atoms with E-state index >= 15 is 0 Å². The molecule has 0 fully saturated rings. The van der Waals surface area contributed by atoms with Gasteiger partial charge in [0.15, 0.2) is 0 Å². The van der Waals surface area contributed by atoms with E-state index in [-0.39, 0.29) is 12.3 Å². The monoisotopic (exact) mass is 316 g/mol. The zero-order valence-corrected chi connectivity index (χ0v) is 12.6. The van der Waals surface area contributed by atoms with Crippen molar-refractivity contribution in [2.24, 2.45) is 0 Å². The molecule has 0 spiro atoms. The van der Waals surface area contributed by atoms with Gasteiger partial charge in [0.05, 0.1) is 10.4 Å². The summed E-state index contributed by atoms with van der Waals surface area (Å²) in [6.45, 7) is 0.181. The molecule has 0 aliphatic heterocycles. The van der Waals surface area contributed by atoms with E-state index in [1.807, 2.05) is 42.5 Å². The van der Waals surface area contributed by atoms with Crippen molar-refractivity contribution in [1.29, 1.82) is 0 Å². The Labute approximate surface area is 132 Å². The van der Waals surface area contributed by atoms with Crippen LogP contribution in [0.3, 0.4) is 0 Å². The van der Waals surface area contributed by atoms with E-state index in [4.69, 9.17) is 23.2 Å². The van der Waals surface area contributed by atoms with Crippen LogP contribution in [0.15, 0.2) is 60.7 Å². The third-order valence-corrected chi connectivity index (χ3v) is 3.98. The van der Waals surface area contributed by atoms with Gasteiger partial charge in [-0.05, 0) is 17.7 Å². The Hall–Kier alpha value is -1.90. The topological polar surface area (TPSA) is 20.9 Å². The molecule has 0 N–H and O–H groups in total. The number of Topliss-reactive ketones (excluding diaryl/α,β-unsaturated/α-hetero) is 1. The van der Waals surface area contributed by atoms with Gasteiger partial charge in [0, 0.05) is 17.7 Å². The summed E-state index contributed by atoms with van der Waals surface area (Å²) in [6, 6.07) is 18.5. The smallest absolute Gasteiger partial charge is 0.277 e. The van der Waals surface area contributed by atoms with Gasteiger partial charge < -0.3 is 0 Å². The Morgan fingerprint density at radius 2 is 1.62 bits per heavy atom. The second-order valence-electron chi connectivity index (χ2n) is 4.71. The van der Waals surface area contributed by atoms with Crippen molar-refractivity contribution < 1.29 is 9.36 Å². The minimum absolute atomic E-state index is 0.00924. The number of hydrogen-bond donors (Lipinski definition) is 0. The van der Waals surface area contributed by atoms with Crippen LogP contribution in [0.5, 0.6) is 0 Å². The lowest BCUT2D eigenvalue weighted by Crippen LogP contribution is -2.40. The summed E-state index contributed by atoms with van der Waals surface area (Å²) in [5.41, 5.74) is 1.51. The molecule has 1 aromatic heterocycles. The lowest BCUT2D eigenvalue weighted by atomic mass is 10.1. The van der Waals surface area contributed by atoms with Crippen molar-refractivity contribution in [3.63, 3.8) is 0 Å². The molecule has 0 aliphatic rings. The maximum absolute atomic E-state index is 12.4. The first-order valence-corrected chi connectivity index (χ1v) is 7.27. The summed E-state index contributed by atoms with van der Waals surface area (Å²) >= 11 is 12.5. The van der Waals surface area contributed by atoms with E-state index in [1.165, 1.54) is 0 Å². The van der Waals surface area contributed by atoms with Crippen LogP contribution in [0.2, 0.25) is 10.2 Å². The first-order valence-electron chi connectivity index (χ1n) is 6.51. The highest BCUT2D eigenvalue weighted by Gasteiger charge is 2.21. The molecular weight excluding hydrogens is 305 g/mol. The van der Waals surface area contributed by atoms with Gasteiger partial charge >= 0.3 is 0 Å². The summed E-state index contributed by atoms with van der Waals surface area (Å²) in [5, 5.41) is 1.91. The van der Waals surface area contributed by atoms with Crippen LogP contribution in [0.25, 0.3) is 10.9 Å². The normalized spacial score (nSPS) is 10.8. The van der Waals surface area contributed by atoms with E-state index in [1.54, 1.807) is 22.8 Å². The van der Waals surface area contributed by atoms with Crippen LogP contribution in [0.4, 0.5) is 0 Å². The number of hydrogen-bond acceptors (Lipinski definition) is 1. The molecule has 0 amide bonds. The lowest BCUT2D eigenvalue weighted by molar-refractivity contribution is -0.654. The van der Waals surface area contributed by atoms with Crippen LogP contribution >= 0.6 is 23.2 Å². The molecule has 104 valence electrons. The number of ketones is 1. The minimum Gasteiger partial charge on any atom is -0.287 e. The highest BCUT2D eigenvalue weighted by atomic mass is 35.5. The van der Waals surface area contributed by atoms with Crippen LogP contribution < -0.4 is 4.57 Å². The van der Waals surface area contributed by atoms with Crippen molar-refractivity contribution in [1.82, 2.24) is 0 Å². The highest BCUT2D eigenvalue weighted by molar-refractivity contribution is 6.37. The predicted octanol–water partition coefficient (Wildman–Crippen LogP) is 4.32. The van der Waals surface area contributed by atoms with Crippen LogP contribution in [0, 0.1) is 0 Å². The van der Waals surface area contributed by atoms with Gasteiger partial charge in [-0.3, -0.25) is 4.79 Å². The third-order valence-electron chi connectivity index (χ3n) is 3.35. The summed E-state index contributed by atoms with van der Waals surface area (Å²) in [5.74, 6) is 0.00924. The fourth-order valence-corrected chi connectivity index (χ4v) is 2.88. The van der Waals surface area contributed by atoms with Gasteiger partial charge in [-0.15, -0.1) is 0 Å². The number of fused-ring (bicyclic) bond motifs is 1. The van der Waals surface area contributed by atoms with E-state index in [9.17, 15) is 4.79 Å². The standard InChI is InChI=1S/C17H12Cl2NO/c18-14-10-17(19)20(15-9-5-4-8-13(14)15)11-16(21)12-6-2-1-3-7-12/h1-10H,11H2/q+1. The zero-order chi connectivity index (χ0) is 14.8. The molecule has 0 aliphatic carbocycles. The predicted molar refractivity (Wildman–Crippen MR) is 84.9 cm³/mol. The molecule has 0 saturated carbocycles. The molecule has 0 atom stereocenters. The molecule has 2 nitrogen and oxygen atoms in total. The lowest BCUT2D eigenvalue weighted by Gasteiger charge is -2.05. The minimum atomic E-state index is 0.00924. The molecule has 0 bridgehead atoms. The average Bonchev–Trinajstić information content (AvgIpc) is 2.52. The number of rotatable bonds is 3. The van der Waals surface area contributed by atoms with Crippen molar-refractivity contribution in [3.05, 3.63) is 76.4 Å². The van der Waals surface area contributed by atoms with E-state index in [2.05, 4.69) is 0 Å². The van der Waals surface area contributed by atoms with Crippen molar-refractivity contribution in [2.75, 3.05) is 0 Å². The largest absolute Gasteiger partial charge is 0.287 e. The van der Waals surface area contributed by atoms with Gasteiger partial charge in [-0.2, -0.15) is 4.57 Å². The second-order valence-corrected chi connectivity index (χ2v) is 5.50. The Bertz CT molecular complexity index is 816. The van der Waals surface area contributed by atoms with E-state index in [0.29, 0.717) is 15.7 Å². The van der Waals surface area contributed by atoms with Crippen molar-refractivity contribution >= 4 is 39.9 Å². The highest BCUT2D eigenvalue weighted by Crippen LogP contribution is 2.23. The Kier molecular flexibility index (Phi) is 3.91. The van der Waals surface area contributed by atoms with Crippen molar-refractivity contribution in [3.8, 4) is 0 Å². The third kappa shape index (κ3) is 2.78. The summed E-state index contributed by atoms with van der Waals surface area (Å²) < 4.78 is 1.78. The van der Waals surface area contributed by atoms with Crippen molar-refractivity contribution in [2.45, 2.75) is 6.54 Å². The summed E-state index contributed by atoms with van der Waals surface area (Å²) in [4.78, 5) is 12.4. The van der Waals surface area contributed by atoms with Gasteiger partial charge in [-0.1, -0.05) is 54.1 Å². The molecule has 2 aromatic carbocycles. The quantitative estimate of drug-likeness (QED) is 0.400. The molecule has 1 heterocycles. The first kappa shape index (κ1) is 14.1. The van der Waals surface area contributed by atoms with Crippen LogP contribution in [-0.2, 0) is 6.54 Å². The number of carbonyl (C=O) groups excluding carboxylic acids is 1. The number of carbonyl (C=O) groups is 1. The Morgan fingerprint density at radius 1 is 0.952 bits per heavy atom. The fraction of sp³-hybridized carbons (Fsp3) is 0.0588. The van der Waals surface area contributed by atoms with E-state index < -0.39 is 0 Å². The maximum atomic E-state index is 12.4. The molecule has 0 unspecified atom stereocenters. The van der Waals surface area contributed by atoms with Gasteiger partial charge in [0.1, 0.15) is 0 Å². The molecule has 21 heavy (non-hydrogen) atoms. The molecular formula is C17H12Cl2NO+. The summed E-state index contributed by atoms with van der Waals surface area (Å²) in [7, 11) is 0. The molecule has 0 radical (unpaired) electrons. The number of halogens is 2. The molecule has 3 rings (SSSR count). The number of para-hydroxylation sites is 1. The molecule has 3 aromatic rings. The number of pyridine rings is 1. The van der Waals surface area contributed by atoms with Gasteiger partial charge in [0.25, 0.3) is 5.15 Å². The number of aromatic nitrogens is 1. The number of nitrogens with zero attached hydrogens (tertiary/aromatic N) is 1. The van der Waals surface area contributed by atoms with Crippen LogP contribution in [0.1, 0.15) is 10.4 Å². The first-order chi connectivity index (χ1) is 10.2. The Morgan fingerprint density at radius 3 is 2.38 bits per heavy atom. The SMILES string of the molecule is O=C(C[n+]1c(Cl)cc(Cl)c2ccccc21)c1ccccc1. The Balaban J connectivity index is 2.07. The number of benzene rings is 2. The second kappa shape index (κ2) is 5.84. The zero-order valence-electron chi connectivity index (χ0n) is 11.1. The van der Waals surface area contributed by atoms with Crippen LogP contribution in [-0.4, -0.2) is 5.78 Å².